The van der Waals surface area contributed by atoms with Gasteiger partial charge in [0.05, 0.1) is 12.2 Å². The van der Waals surface area contributed by atoms with Gasteiger partial charge in [0.25, 0.3) is 0 Å². The summed E-state index contributed by atoms with van der Waals surface area (Å²) in [5.41, 5.74) is 8.25. The average Bonchev–Trinajstić information content (AvgIpc) is 2.29. The molecular weight excluding hydrogens is 210 g/mol. The van der Waals surface area contributed by atoms with E-state index in [-0.39, 0.29) is 5.56 Å². The lowest BCUT2D eigenvalue weighted by molar-refractivity contribution is 0.0697. The fraction of sp³-hybridized carbons (Fsp3) is 0.300. The molecule has 84 valence electrons. The smallest absolute Gasteiger partial charge is 0.335 e. The Bertz CT molecular complexity index is 396. The van der Waals surface area contributed by atoms with Gasteiger partial charge in [0.15, 0.2) is 0 Å². The summed E-state index contributed by atoms with van der Waals surface area (Å²) in [6, 6.07) is 6.14. The first kappa shape index (κ1) is 11.9. The summed E-state index contributed by atoms with van der Waals surface area (Å²) in [5, 5.41) is 12.0. The first-order valence-corrected chi connectivity index (χ1v) is 4.71. The van der Waals surface area contributed by atoms with Crippen molar-refractivity contribution in [2.45, 2.75) is 6.42 Å². The number of carboxylic acid groups (broad SMARTS) is 1. The molecule has 6 nitrogen and oxygen atoms in total. The van der Waals surface area contributed by atoms with Crippen molar-refractivity contribution in [2.24, 2.45) is 5.11 Å². The second kappa shape index (κ2) is 6.31. The molecule has 1 rings (SSSR count). The molecule has 0 radical (unpaired) electrons. The minimum atomic E-state index is -0.963. The zero-order chi connectivity index (χ0) is 11.8. The third-order valence-corrected chi connectivity index (χ3v) is 1.84. The molecule has 0 aliphatic rings. The Balaban J connectivity index is 2.37. The van der Waals surface area contributed by atoms with Crippen LogP contribution in [-0.2, 0) is 0 Å². The van der Waals surface area contributed by atoms with E-state index in [0.29, 0.717) is 25.3 Å². The van der Waals surface area contributed by atoms with Crippen LogP contribution in [0.4, 0.5) is 0 Å². The molecule has 1 N–H and O–H groups in total. The van der Waals surface area contributed by atoms with Crippen molar-refractivity contribution < 1.29 is 14.6 Å². The number of ether oxygens (including phenoxy) is 1. The van der Waals surface area contributed by atoms with Gasteiger partial charge in [-0.05, 0) is 36.2 Å². The Morgan fingerprint density at radius 1 is 1.44 bits per heavy atom. The topological polar surface area (TPSA) is 95.3 Å². The zero-order valence-electron chi connectivity index (χ0n) is 8.54. The van der Waals surface area contributed by atoms with Gasteiger partial charge >= 0.3 is 5.97 Å². The summed E-state index contributed by atoms with van der Waals surface area (Å²) < 4.78 is 5.31. The van der Waals surface area contributed by atoms with E-state index < -0.39 is 5.97 Å². The number of hydrogen-bond acceptors (Lipinski definition) is 3. The lowest BCUT2D eigenvalue weighted by Crippen LogP contribution is -2.00. The number of azide groups is 1. The van der Waals surface area contributed by atoms with E-state index in [9.17, 15) is 4.79 Å². The SMILES string of the molecule is [N-]=[N+]=NCCCOc1ccc(C(=O)O)cc1. The van der Waals surface area contributed by atoms with Crippen molar-refractivity contribution in [3.63, 3.8) is 0 Å². The molecule has 16 heavy (non-hydrogen) atoms. The summed E-state index contributed by atoms with van der Waals surface area (Å²) in [6.45, 7) is 0.829. The van der Waals surface area contributed by atoms with Crippen LogP contribution in [0.1, 0.15) is 16.8 Å². The molecule has 0 atom stereocenters. The van der Waals surface area contributed by atoms with Crippen molar-refractivity contribution in [3.8, 4) is 5.75 Å². The Hall–Kier alpha value is -2.20. The predicted octanol–water partition coefficient (Wildman–Crippen LogP) is 2.46. The van der Waals surface area contributed by atoms with Gasteiger partial charge in [-0.1, -0.05) is 5.11 Å². The number of carbonyl (C=O) groups is 1. The van der Waals surface area contributed by atoms with E-state index in [1.54, 1.807) is 12.1 Å². The highest BCUT2D eigenvalue weighted by molar-refractivity contribution is 5.87. The number of carboxylic acids is 1. The summed E-state index contributed by atoms with van der Waals surface area (Å²) in [4.78, 5) is 13.2. The molecule has 0 saturated carbocycles. The van der Waals surface area contributed by atoms with Crippen LogP contribution in [-0.4, -0.2) is 24.2 Å². The van der Waals surface area contributed by atoms with E-state index in [2.05, 4.69) is 10.0 Å². The average molecular weight is 221 g/mol. The van der Waals surface area contributed by atoms with Crippen molar-refractivity contribution in [1.82, 2.24) is 0 Å². The summed E-state index contributed by atoms with van der Waals surface area (Å²) >= 11 is 0. The van der Waals surface area contributed by atoms with Gasteiger partial charge in [-0.2, -0.15) is 0 Å². The molecule has 0 heterocycles. The van der Waals surface area contributed by atoms with Crippen LogP contribution in [0.15, 0.2) is 29.4 Å². The minimum absolute atomic E-state index is 0.224. The van der Waals surface area contributed by atoms with Gasteiger partial charge < -0.3 is 9.84 Å². The van der Waals surface area contributed by atoms with Gasteiger partial charge in [0, 0.05) is 11.5 Å². The van der Waals surface area contributed by atoms with Crippen LogP contribution in [0.5, 0.6) is 5.75 Å². The maximum absolute atomic E-state index is 10.6. The molecule has 0 aromatic heterocycles. The van der Waals surface area contributed by atoms with Gasteiger partial charge in [0.2, 0.25) is 0 Å². The molecule has 0 fully saturated rings. The van der Waals surface area contributed by atoms with E-state index in [1.807, 2.05) is 0 Å². The van der Waals surface area contributed by atoms with Gasteiger partial charge in [-0.25, -0.2) is 4.79 Å². The number of rotatable bonds is 6. The Morgan fingerprint density at radius 2 is 2.12 bits per heavy atom. The van der Waals surface area contributed by atoms with Gasteiger partial charge in [-0.3, -0.25) is 0 Å². The lowest BCUT2D eigenvalue weighted by atomic mass is 10.2. The molecule has 6 heteroatoms. The zero-order valence-corrected chi connectivity index (χ0v) is 8.54. The van der Waals surface area contributed by atoms with Crippen LogP contribution < -0.4 is 4.74 Å². The van der Waals surface area contributed by atoms with Gasteiger partial charge in [0.1, 0.15) is 5.75 Å². The normalized spacial score (nSPS) is 9.25. The molecular formula is C10H11N3O3. The first-order chi connectivity index (χ1) is 7.74. The molecule has 0 saturated heterocycles. The van der Waals surface area contributed by atoms with Crippen LogP contribution in [0.2, 0.25) is 0 Å². The quantitative estimate of drug-likeness (QED) is 0.346. The van der Waals surface area contributed by atoms with Crippen molar-refractivity contribution in [1.29, 1.82) is 0 Å². The van der Waals surface area contributed by atoms with E-state index in [4.69, 9.17) is 15.4 Å². The largest absolute Gasteiger partial charge is 0.494 e. The van der Waals surface area contributed by atoms with Crippen LogP contribution in [0.3, 0.4) is 0 Å². The van der Waals surface area contributed by atoms with E-state index >= 15 is 0 Å². The third kappa shape index (κ3) is 3.89. The molecule has 0 amide bonds. The molecule has 0 aliphatic heterocycles. The maximum Gasteiger partial charge on any atom is 0.335 e. The summed E-state index contributed by atoms with van der Waals surface area (Å²) in [5.74, 6) is -0.360. The Labute approximate surface area is 92.1 Å². The monoisotopic (exact) mass is 221 g/mol. The van der Waals surface area contributed by atoms with Crippen LogP contribution in [0, 0.1) is 0 Å². The highest BCUT2D eigenvalue weighted by Crippen LogP contribution is 2.12. The molecule has 0 unspecified atom stereocenters. The number of aromatic carboxylic acids is 1. The number of benzene rings is 1. The molecule has 1 aromatic carbocycles. The molecule has 0 bridgehead atoms. The Morgan fingerprint density at radius 3 is 2.69 bits per heavy atom. The van der Waals surface area contributed by atoms with Crippen LogP contribution in [0.25, 0.3) is 10.4 Å². The molecule has 1 aromatic rings. The van der Waals surface area contributed by atoms with Gasteiger partial charge in [-0.15, -0.1) is 0 Å². The molecule has 0 spiro atoms. The fourth-order valence-electron chi connectivity index (χ4n) is 1.06. The van der Waals surface area contributed by atoms with Crippen molar-refractivity contribution in [3.05, 3.63) is 40.3 Å². The third-order valence-electron chi connectivity index (χ3n) is 1.84. The Kier molecular flexibility index (Phi) is 4.69. The summed E-state index contributed by atoms with van der Waals surface area (Å²) in [6.07, 6.45) is 0.630. The number of hydrogen-bond donors (Lipinski definition) is 1. The van der Waals surface area contributed by atoms with Crippen molar-refractivity contribution >= 4 is 5.97 Å². The summed E-state index contributed by atoms with van der Waals surface area (Å²) in [7, 11) is 0. The number of nitrogens with zero attached hydrogens (tertiary/aromatic N) is 3. The maximum atomic E-state index is 10.6. The lowest BCUT2D eigenvalue weighted by Gasteiger charge is -2.04. The fourth-order valence-corrected chi connectivity index (χ4v) is 1.06. The van der Waals surface area contributed by atoms with Crippen molar-refractivity contribution in [2.75, 3.05) is 13.2 Å². The standard InChI is InChI=1S/C10H11N3O3/c11-13-12-6-1-7-16-9-4-2-8(3-5-9)10(14)15/h2-5H,1,6-7H2,(H,14,15). The second-order valence-electron chi connectivity index (χ2n) is 2.99. The predicted molar refractivity (Wildman–Crippen MR) is 57.5 cm³/mol. The van der Waals surface area contributed by atoms with E-state index in [1.165, 1.54) is 12.1 Å². The minimum Gasteiger partial charge on any atom is -0.494 e. The molecule has 0 aliphatic carbocycles. The first-order valence-electron chi connectivity index (χ1n) is 4.71. The highest BCUT2D eigenvalue weighted by atomic mass is 16.5. The van der Waals surface area contributed by atoms with E-state index in [0.717, 1.165) is 0 Å². The van der Waals surface area contributed by atoms with Crippen LogP contribution >= 0.6 is 0 Å². The second-order valence-corrected chi connectivity index (χ2v) is 2.99. The highest BCUT2D eigenvalue weighted by Gasteiger charge is 2.01.